The van der Waals surface area contributed by atoms with Crippen LogP contribution < -0.4 is 4.74 Å². The van der Waals surface area contributed by atoms with Crippen LogP contribution in [0.3, 0.4) is 0 Å². The van der Waals surface area contributed by atoms with E-state index in [0.717, 1.165) is 17.9 Å². The number of hydrogen-bond donors (Lipinski definition) is 1. The van der Waals surface area contributed by atoms with Crippen LogP contribution in [0.2, 0.25) is 0 Å². The van der Waals surface area contributed by atoms with Crippen molar-refractivity contribution in [2.75, 3.05) is 33.4 Å². The first-order chi connectivity index (χ1) is 9.26. The van der Waals surface area contributed by atoms with Crippen LogP contribution in [-0.2, 0) is 11.3 Å². The van der Waals surface area contributed by atoms with Crippen LogP contribution in [0.15, 0.2) is 18.2 Å². The maximum atomic E-state index is 9.14. The minimum atomic E-state index is -0.126. The molecule has 1 aromatic carbocycles. The quantitative estimate of drug-likeness (QED) is 0.867. The first-order valence-electron chi connectivity index (χ1n) is 6.28. The van der Waals surface area contributed by atoms with Crippen molar-refractivity contribution in [2.24, 2.45) is 0 Å². The van der Waals surface area contributed by atoms with E-state index in [4.69, 9.17) is 19.8 Å². The van der Waals surface area contributed by atoms with Crippen LogP contribution in [0.25, 0.3) is 0 Å². The number of rotatable bonds is 4. The Labute approximate surface area is 113 Å². The van der Waals surface area contributed by atoms with E-state index in [2.05, 4.69) is 11.0 Å². The largest absolute Gasteiger partial charge is 0.496 e. The van der Waals surface area contributed by atoms with E-state index in [1.54, 1.807) is 13.2 Å². The summed E-state index contributed by atoms with van der Waals surface area (Å²) in [6.07, 6.45) is -0.126. The van der Waals surface area contributed by atoms with E-state index in [1.807, 2.05) is 12.1 Å². The molecular weight excluding hydrogens is 244 g/mol. The lowest BCUT2D eigenvalue weighted by Gasteiger charge is -2.32. The van der Waals surface area contributed by atoms with Crippen LogP contribution in [0.4, 0.5) is 0 Å². The lowest BCUT2D eigenvalue weighted by atomic mass is 10.1. The summed E-state index contributed by atoms with van der Waals surface area (Å²) in [7, 11) is 1.63. The third-order valence-corrected chi connectivity index (χ3v) is 3.23. The van der Waals surface area contributed by atoms with Crippen LogP contribution in [0.5, 0.6) is 5.75 Å². The zero-order valence-corrected chi connectivity index (χ0v) is 11.0. The maximum Gasteiger partial charge on any atom is 0.123 e. The minimum Gasteiger partial charge on any atom is -0.496 e. The van der Waals surface area contributed by atoms with Gasteiger partial charge in [0.25, 0.3) is 0 Å². The molecule has 0 saturated carbocycles. The molecule has 19 heavy (non-hydrogen) atoms. The predicted octanol–water partition coefficient (Wildman–Crippen LogP) is 0.760. The standard InChI is InChI=1S/C14H18N2O3/c1-18-14-3-2-11(7-15)6-12(14)8-16-4-5-19-13(9-16)10-17/h2-3,6,13,17H,4-5,8-10H2,1H3. The number of nitriles is 1. The molecule has 0 aliphatic carbocycles. The third-order valence-electron chi connectivity index (χ3n) is 3.23. The summed E-state index contributed by atoms with van der Waals surface area (Å²) in [6, 6.07) is 7.55. The molecule has 1 atom stereocenters. The molecule has 0 amide bonds. The molecule has 1 aromatic rings. The van der Waals surface area contributed by atoms with Crippen molar-refractivity contribution < 1.29 is 14.6 Å². The van der Waals surface area contributed by atoms with Gasteiger partial charge in [-0.1, -0.05) is 0 Å². The topological polar surface area (TPSA) is 65.7 Å². The highest BCUT2D eigenvalue weighted by atomic mass is 16.5. The van der Waals surface area contributed by atoms with Crippen molar-refractivity contribution in [1.82, 2.24) is 4.90 Å². The number of methoxy groups -OCH3 is 1. The number of aliphatic hydroxyl groups excluding tert-OH is 1. The molecule has 0 radical (unpaired) electrons. The summed E-state index contributed by atoms with van der Waals surface area (Å²) in [5.41, 5.74) is 1.61. The Bertz CT molecular complexity index is 470. The first-order valence-corrected chi connectivity index (χ1v) is 6.28. The van der Waals surface area contributed by atoms with Gasteiger partial charge in [0.1, 0.15) is 5.75 Å². The SMILES string of the molecule is COc1ccc(C#N)cc1CN1CCOC(CO)C1. The van der Waals surface area contributed by atoms with E-state index in [0.29, 0.717) is 25.3 Å². The zero-order valence-electron chi connectivity index (χ0n) is 11.0. The minimum absolute atomic E-state index is 0.0336. The van der Waals surface area contributed by atoms with Crippen LogP contribution >= 0.6 is 0 Å². The molecule has 1 N–H and O–H groups in total. The van der Waals surface area contributed by atoms with Crippen LogP contribution in [-0.4, -0.2) is 49.5 Å². The van der Waals surface area contributed by atoms with Gasteiger partial charge in [0.05, 0.1) is 38.1 Å². The van der Waals surface area contributed by atoms with E-state index in [9.17, 15) is 0 Å². The highest BCUT2D eigenvalue weighted by Gasteiger charge is 2.20. The number of ether oxygens (including phenoxy) is 2. The second kappa shape index (κ2) is 6.53. The second-order valence-electron chi connectivity index (χ2n) is 4.55. The molecule has 1 unspecified atom stereocenters. The highest BCUT2D eigenvalue weighted by Crippen LogP contribution is 2.22. The van der Waals surface area contributed by atoms with Crippen molar-refractivity contribution in [3.05, 3.63) is 29.3 Å². The Morgan fingerprint density at radius 2 is 2.42 bits per heavy atom. The molecule has 1 aliphatic heterocycles. The van der Waals surface area contributed by atoms with Crippen molar-refractivity contribution >= 4 is 0 Å². The van der Waals surface area contributed by atoms with Gasteiger partial charge in [0.2, 0.25) is 0 Å². The Hall–Kier alpha value is -1.61. The lowest BCUT2D eigenvalue weighted by molar-refractivity contribution is -0.0552. The number of hydrogen-bond acceptors (Lipinski definition) is 5. The van der Waals surface area contributed by atoms with Gasteiger partial charge in [-0.25, -0.2) is 0 Å². The molecule has 1 saturated heterocycles. The van der Waals surface area contributed by atoms with E-state index in [1.165, 1.54) is 0 Å². The molecule has 0 spiro atoms. The van der Waals surface area contributed by atoms with E-state index in [-0.39, 0.29) is 12.7 Å². The van der Waals surface area contributed by atoms with Gasteiger partial charge in [-0.2, -0.15) is 5.26 Å². The van der Waals surface area contributed by atoms with Crippen molar-refractivity contribution in [3.63, 3.8) is 0 Å². The zero-order chi connectivity index (χ0) is 13.7. The monoisotopic (exact) mass is 262 g/mol. The molecule has 102 valence electrons. The van der Waals surface area contributed by atoms with Gasteiger partial charge in [-0.3, -0.25) is 4.90 Å². The summed E-state index contributed by atoms with van der Waals surface area (Å²) in [5, 5.41) is 18.1. The van der Waals surface area contributed by atoms with Gasteiger partial charge >= 0.3 is 0 Å². The average Bonchev–Trinajstić information content (AvgIpc) is 2.47. The normalized spacial score (nSPS) is 19.9. The lowest BCUT2D eigenvalue weighted by Crippen LogP contribution is -2.43. The Kier molecular flexibility index (Phi) is 4.74. The summed E-state index contributed by atoms with van der Waals surface area (Å²) in [4.78, 5) is 2.20. The second-order valence-corrected chi connectivity index (χ2v) is 4.55. The van der Waals surface area contributed by atoms with E-state index < -0.39 is 0 Å². The molecule has 0 bridgehead atoms. The molecule has 1 fully saturated rings. The van der Waals surface area contributed by atoms with Crippen LogP contribution in [0, 0.1) is 11.3 Å². The molecule has 2 rings (SSSR count). The molecule has 5 heteroatoms. The fourth-order valence-electron chi connectivity index (χ4n) is 2.25. The first kappa shape index (κ1) is 13.8. The van der Waals surface area contributed by atoms with E-state index >= 15 is 0 Å². The smallest absolute Gasteiger partial charge is 0.123 e. The summed E-state index contributed by atoms with van der Waals surface area (Å²) in [5.74, 6) is 0.783. The Morgan fingerprint density at radius 1 is 1.58 bits per heavy atom. The number of nitrogens with zero attached hydrogens (tertiary/aromatic N) is 2. The maximum absolute atomic E-state index is 9.14. The van der Waals surface area contributed by atoms with Crippen molar-refractivity contribution in [1.29, 1.82) is 5.26 Å². The molecule has 1 heterocycles. The number of benzene rings is 1. The Morgan fingerprint density at radius 3 is 3.11 bits per heavy atom. The van der Waals surface area contributed by atoms with Gasteiger partial charge in [-0.05, 0) is 18.2 Å². The van der Waals surface area contributed by atoms with Gasteiger partial charge in [-0.15, -0.1) is 0 Å². The van der Waals surface area contributed by atoms with Gasteiger partial charge < -0.3 is 14.6 Å². The summed E-state index contributed by atoms with van der Waals surface area (Å²) >= 11 is 0. The van der Waals surface area contributed by atoms with Gasteiger partial charge in [0, 0.05) is 25.2 Å². The van der Waals surface area contributed by atoms with Crippen molar-refractivity contribution in [2.45, 2.75) is 12.6 Å². The third kappa shape index (κ3) is 3.44. The number of morpholine rings is 1. The molecule has 5 nitrogen and oxygen atoms in total. The fourth-order valence-corrected chi connectivity index (χ4v) is 2.25. The summed E-state index contributed by atoms with van der Waals surface area (Å²) in [6.45, 7) is 2.85. The van der Waals surface area contributed by atoms with Crippen LogP contribution in [0.1, 0.15) is 11.1 Å². The summed E-state index contributed by atoms with van der Waals surface area (Å²) < 4.78 is 10.7. The molecular formula is C14H18N2O3. The fraction of sp³-hybridized carbons (Fsp3) is 0.500. The Balaban J connectivity index is 2.11. The van der Waals surface area contributed by atoms with Crippen molar-refractivity contribution in [3.8, 4) is 11.8 Å². The molecule has 0 aromatic heterocycles. The number of aliphatic hydroxyl groups is 1. The van der Waals surface area contributed by atoms with Gasteiger partial charge in [0.15, 0.2) is 0 Å². The molecule has 1 aliphatic rings. The predicted molar refractivity (Wildman–Crippen MR) is 69.8 cm³/mol. The highest BCUT2D eigenvalue weighted by molar-refractivity contribution is 5.42. The average molecular weight is 262 g/mol.